The van der Waals surface area contributed by atoms with E-state index < -0.39 is 0 Å². The molecule has 2 aromatic rings. The van der Waals surface area contributed by atoms with Crippen molar-refractivity contribution in [3.8, 4) is 11.3 Å². The summed E-state index contributed by atoms with van der Waals surface area (Å²) in [4.78, 5) is 15.8. The molecule has 1 N–H and O–H groups in total. The van der Waals surface area contributed by atoms with Gasteiger partial charge in [-0.15, -0.1) is 0 Å². The van der Waals surface area contributed by atoms with Gasteiger partial charge in [0.15, 0.2) is 11.7 Å². The Morgan fingerprint density at radius 3 is 2.86 bits per heavy atom. The summed E-state index contributed by atoms with van der Waals surface area (Å²) in [6, 6.07) is 6.37. The number of nitrogens with one attached hydrogen (secondary N) is 1. The molecule has 1 heterocycles. The number of amides is 1. The second-order valence-corrected chi connectivity index (χ2v) is 5.63. The average Bonchev–Trinajstić information content (AvgIpc) is 2.94. The summed E-state index contributed by atoms with van der Waals surface area (Å²) in [7, 11) is 0. The predicted octanol–water partition coefficient (Wildman–Crippen LogP) is 3.58. The second-order valence-electron chi connectivity index (χ2n) is 5.63. The highest BCUT2D eigenvalue weighted by molar-refractivity contribution is 5.76. The van der Waals surface area contributed by atoms with Crippen molar-refractivity contribution in [2.45, 2.75) is 33.1 Å². The van der Waals surface area contributed by atoms with E-state index in [1.807, 2.05) is 0 Å². The van der Waals surface area contributed by atoms with Gasteiger partial charge in [0.05, 0.1) is 11.8 Å². The van der Waals surface area contributed by atoms with E-state index in [0.29, 0.717) is 42.5 Å². The lowest BCUT2D eigenvalue weighted by atomic mass is 10.1. The number of aryl methyl sites for hydroxylation is 1. The molecule has 0 aliphatic rings. The van der Waals surface area contributed by atoms with Crippen molar-refractivity contribution >= 4 is 5.91 Å². The first-order valence-electron chi connectivity index (χ1n) is 7.52. The Kier molecular flexibility index (Phi) is 5.69. The van der Waals surface area contributed by atoms with Crippen LogP contribution in [0.3, 0.4) is 0 Å². The number of hydrogen-bond acceptors (Lipinski definition) is 3. The average molecular weight is 304 g/mol. The molecule has 1 aromatic carbocycles. The van der Waals surface area contributed by atoms with Gasteiger partial charge in [0.2, 0.25) is 5.91 Å². The van der Waals surface area contributed by atoms with Gasteiger partial charge in [0.1, 0.15) is 5.82 Å². The zero-order valence-electron chi connectivity index (χ0n) is 12.9. The standard InChI is InChI=1S/C17H21FN2O2/c1-12(2)9-10-19-16(21)7-8-17-20-11-15(22-17)13-5-3-4-6-14(13)18/h3-6,11-12H,7-10H2,1-2H3,(H,19,21). The number of halogens is 1. The van der Waals surface area contributed by atoms with Crippen LogP contribution in [0.4, 0.5) is 4.39 Å². The van der Waals surface area contributed by atoms with Crippen molar-refractivity contribution in [2.75, 3.05) is 6.54 Å². The maximum atomic E-state index is 13.7. The van der Waals surface area contributed by atoms with E-state index in [1.54, 1.807) is 18.2 Å². The Hall–Kier alpha value is -2.17. The van der Waals surface area contributed by atoms with Crippen molar-refractivity contribution in [2.24, 2.45) is 5.92 Å². The molecule has 0 unspecified atom stereocenters. The maximum Gasteiger partial charge on any atom is 0.220 e. The summed E-state index contributed by atoms with van der Waals surface area (Å²) in [5.41, 5.74) is 0.377. The Bertz CT molecular complexity index is 623. The normalized spacial score (nSPS) is 10.9. The first kappa shape index (κ1) is 16.2. The number of oxazole rings is 1. The zero-order valence-corrected chi connectivity index (χ0v) is 12.9. The Labute approximate surface area is 129 Å². The van der Waals surface area contributed by atoms with Crippen LogP contribution in [0, 0.1) is 11.7 Å². The molecule has 0 saturated carbocycles. The molecule has 0 fully saturated rings. The third kappa shape index (κ3) is 4.69. The van der Waals surface area contributed by atoms with Gasteiger partial charge >= 0.3 is 0 Å². The number of rotatable bonds is 7. The van der Waals surface area contributed by atoms with Gasteiger partial charge in [-0.3, -0.25) is 4.79 Å². The van der Waals surface area contributed by atoms with E-state index in [0.717, 1.165) is 6.42 Å². The lowest BCUT2D eigenvalue weighted by Gasteiger charge is -2.06. The third-order valence-corrected chi connectivity index (χ3v) is 3.30. The monoisotopic (exact) mass is 304 g/mol. The van der Waals surface area contributed by atoms with Crippen LogP contribution in [0.2, 0.25) is 0 Å². The summed E-state index contributed by atoms with van der Waals surface area (Å²) >= 11 is 0. The molecule has 118 valence electrons. The molecule has 0 aliphatic heterocycles. The number of benzene rings is 1. The van der Waals surface area contributed by atoms with E-state index >= 15 is 0 Å². The number of carbonyl (C=O) groups is 1. The summed E-state index contributed by atoms with van der Waals surface area (Å²) in [5.74, 6) is 1.02. The van der Waals surface area contributed by atoms with Crippen LogP contribution in [0.1, 0.15) is 32.6 Å². The van der Waals surface area contributed by atoms with E-state index in [9.17, 15) is 9.18 Å². The van der Waals surface area contributed by atoms with Crippen LogP contribution in [-0.4, -0.2) is 17.4 Å². The lowest BCUT2D eigenvalue weighted by Crippen LogP contribution is -2.25. The molecule has 2 rings (SSSR count). The van der Waals surface area contributed by atoms with Crippen molar-refractivity contribution in [1.29, 1.82) is 0 Å². The molecule has 1 amide bonds. The maximum absolute atomic E-state index is 13.7. The molecule has 22 heavy (non-hydrogen) atoms. The number of hydrogen-bond donors (Lipinski definition) is 1. The van der Waals surface area contributed by atoms with E-state index in [2.05, 4.69) is 24.1 Å². The van der Waals surface area contributed by atoms with Crippen LogP contribution in [0.5, 0.6) is 0 Å². The van der Waals surface area contributed by atoms with Crippen molar-refractivity contribution in [1.82, 2.24) is 10.3 Å². The van der Waals surface area contributed by atoms with Gasteiger partial charge in [-0.25, -0.2) is 9.37 Å². The van der Waals surface area contributed by atoms with Crippen molar-refractivity contribution in [3.63, 3.8) is 0 Å². The van der Waals surface area contributed by atoms with E-state index in [-0.39, 0.29) is 11.7 Å². The number of carbonyl (C=O) groups excluding carboxylic acids is 1. The lowest BCUT2D eigenvalue weighted by molar-refractivity contribution is -0.121. The predicted molar refractivity (Wildman–Crippen MR) is 82.7 cm³/mol. The minimum Gasteiger partial charge on any atom is -0.441 e. The number of aromatic nitrogens is 1. The molecule has 5 heteroatoms. The Balaban J connectivity index is 1.85. The Morgan fingerprint density at radius 1 is 1.36 bits per heavy atom. The number of nitrogens with zero attached hydrogens (tertiary/aromatic N) is 1. The fraction of sp³-hybridized carbons (Fsp3) is 0.412. The highest BCUT2D eigenvalue weighted by atomic mass is 19.1. The van der Waals surface area contributed by atoms with Crippen LogP contribution in [0.15, 0.2) is 34.9 Å². The third-order valence-electron chi connectivity index (χ3n) is 3.30. The van der Waals surface area contributed by atoms with Crippen LogP contribution in [0.25, 0.3) is 11.3 Å². The molecule has 0 atom stereocenters. The molecular weight excluding hydrogens is 283 g/mol. The van der Waals surface area contributed by atoms with Crippen molar-refractivity contribution < 1.29 is 13.6 Å². The zero-order chi connectivity index (χ0) is 15.9. The molecule has 0 spiro atoms. The highest BCUT2D eigenvalue weighted by Gasteiger charge is 2.11. The van der Waals surface area contributed by atoms with Gasteiger partial charge in [0.25, 0.3) is 0 Å². The Morgan fingerprint density at radius 2 is 2.14 bits per heavy atom. The summed E-state index contributed by atoms with van der Waals surface area (Å²) in [5, 5.41) is 2.86. The minimum atomic E-state index is -0.350. The molecule has 0 aliphatic carbocycles. The molecule has 0 saturated heterocycles. The van der Waals surface area contributed by atoms with E-state index in [1.165, 1.54) is 12.3 Å². The topological polar surface area (TPSA) is 55.1 Å². The van der Waals surface area contributed by atoms with Gasteiger partial charge in [-0.1, -0.05) is 26.0 Å². The summed E-state index contributed by atoms with van der Waals surface area (Å²) < 4.78 is 19.2. The fourth-order valence-electron chi connectivity index (χ4n) is 2.02. The van der Waals surface area contributed by atoms with E-state index in [4.69, 9.17) is 4.42 Å². The smallest absolute Gasteiger partial charge is 0.220 e. The quantitative estimate of drug-likeness (QED) is 0.850. The van der Waals surface area contributed by atoms with Crippen LogP contribution < -0.4 is 5.32 Å². The highest BCUT2D eigenvalue weighted by Crippen LogP contribution is 2.23. The van der Waals surface area contributed by atoms with Gasteiger partial charge in [0, 0.05) is 19.4 Å². The minimum absolute atomic E-state index is 0.0220. The van der Waals surface area contributed by atoms with Crippen LogP contribution >= 0.6 is 0 Å². The SMILES string of the molecule is CC(C)CCNC(=O)CCc1ncc(-c2ccccc2F)o1. The summed E-state index contributed by atoms with van der Waals surface area (Å²) in [6.07, 6.45) is 3.17. The second kappa shape index (κ2) is 7.73. The van der Waals surface area contributed by atoms with Gasteiger partial charge in [-0.2, -0.15) is 0 Å². The molecule has 4 nitrogen and oxygen atoms in total. The summed E-state index contributed by atoms with van der Waals surface area (Å²) in [6.45, 7) is 4.91. The first-order chi connectivity index (χ1) is 10.6. The first-order valence-corrected chi connectivity index (χ1v) is 7.52. The molecule has 0 radical (unpaired) electrons. The van der Waals surface area contributed by atoms with Crippen LogP contribution in [-0.2, 0) is 11.2 Å². The fourth-order valence-corrected chi connectivity index (χ4v) is 2.02. The molecular formula is C17H21FN2O2. The largest absolute Gasteiger partial charge is 0.441 e. The molecule has 1 aromatic heterocycles. The van der Waals surface area contributed by atoms with Gasteiger partial charge < -0.3 is 9.73 Å². The van der Waals surface area contributed by atoms with Crippen molar-refractivity contribution in [3.05, 3.63) is 42.2 Å². The van der Waals surface area contributed by atoms with Gasteiger partial charge in [-0.05, 0) is 24.5 Å². The molecule has 0 bridgehead atoms.